The maximum Gasteiger partial charge on any atom is 0.0242 e. The molecule has 0 radical (unpaired) electrons. The third-order valence-corrected chi connectivity index (χ3v) is 4.36. The quantitative estimate of drug-likeness (QED) is 0.844. The van der Waals surface area contributed by atoms with Gasteiger partial charge < -0.3 is 5.32 Å². The normalized spacial score (nSPS) is 26.4. The minimum atomic E-state index is 0.867. The van der Waals surface area contributed by atoms with Crippen molar-refractivity contribution in [3.05, 3.63) is 22.4 Å². The summed E-state index contributed by atoms with van der Waals surface area (Å²) in [5.41, 5.74) is 1.49. The molecule has 16 heavy (non-hydrogen) atoms. The monoisotopic (exact) mass is 236 g/mol. The van der Waals surface area contributed by atoms with Crippen LogP contribution in [0.5, 0.6) is 0 Å². The van der Waals surface area contributed by atoms with Gasteiger partial charge in [0.2, 0.25) is 0 Å². The van der Waals surface area contributed by atoms with Crippen LogP contribution in [0, 0.1) is 5.92 Å². The molecule has 1 saturated heterocycles. The first kappa shape index (κ1) is 10.8. The standard InChI is InChI=1S/C13H20N2S/c1-2-13(1)14-7-11-3-5-15(8-11)9-12-4-6-16-10-12/h4,6,10-11,13-14H,1-3,5,7-9H2. The summed E-state index contributed by atoms with van der Waals surface area (Å²) in [4.78, 5) is 2.60. The van der Waals surface area contributed by atoms with Crippen molar-refractivity contribution in [3.8, 4) is 0 Å². The highest BCUT2D eigenvalue weighted by Crippen LogP contribution is 2.22. The topological polar surface area (TPSA) is 15.3 Å². The SMILES string of the molecule is c1cc(CN2CCC(CNC3CC3)C2)cs1. The Balaban J connectivity index is 1.41. The fraction of sp³-hybridized carbons (Fsp3) is 0.692. The average molecular weight is 236 g/mol. The second-order valence-corrected chi connectivity index (χ2v) is 5.98. The highest BCUT2D eigenvalue weighted by molar-refractivity contribution is 7.07. The minimum absolute atomic E-state index is 0.867. The van der Waals surface area contributed by atoms with Gasteiger partial charge in [-0.15, -0.1) is 0 Å². The van der Waals surface area contributed by atoms with Gasteiger partial charge in [-0.05, 0) is 60.7 Å². The molecule has 3 rings (SSSR count). The molecule has 1 aliphatic carbocycles. The molecule has 2 fully saturated rings. The van der Waals surface area contributed by atoms with Crippen molar-refractivity contribution in [2.45, 2.75) is 31.8 Å². The van der Waals surface area contributed by atoms with Crippen LogP contribution in [0.4, 0.5) is 0 Å². The Morgan fingerprint density at radius 3 is 3.06 bits per heavy atom. The van der Waals surface area contributed by atoms with E-state index < -0.39 is 0 Å². The average Bonchev–Trinajstić information content (AvgIpc) is 2.78. The minimum Gasteiger partial charge on any atom is -0.314 e. The molecule has 0 spiro atoms. The second kappa shape index (κ2) is 4.86. The van der Waals surface area contributed by atoms with Gasteiger partial charge in [-0.3, -0.25) is 4.90 Å². The maximum absolute atomic E-state index is 3.65. The van der Waals surface area contributed by atoms with Gasteiger partial charge in [0.15, 0.2) is 0 Å². The zero-order chi connectivity index (χ0) is 10.8. The predicted molar refractivity (Wildman–Crippen MR) is 68.7 cm³/mol. The number of hydrogen-bond donors (Lipinski definition) is 1. The summed E-state index contributed by atoms with van der Waals surface area (Å²) in [5.74, 6) is 0.888. The molecule has 1 N–H and O–H groups in total. The summed E-state index contributed by atoms with van der Waals surface area (Å²) in [6, 6.07) is 3.12. The van der Waals surface area contributed by atoms with Gasteiger partial charge in [0.05, 0.1) is 0 Å². The van der Waals surface area contributed by atoms with E-state index in [9.17, 15) is 0 Å². The van der Waals surface area contributed by atoms with Gasteiger partial charge in [-0.1, -0.05) is 0 Å². The number of hydrogen-bond acceptors (Lipinski definition) is 3. The lowest BCUT2D eigenvalue weighted by Gasteiger charge is -2.15. The Kier molecular flexibility index (Phi) is 3.27. The van der Waals surface area contributed by atoms with E-state index in [1.807, 2.05) is 11.3 Å². The van der Waals surface area contributed by atoms with E-state index in [0.29, 0.717) is 0 Å². The molecule has 2 heterocycles. The van der Waals surface area contributed by atoms with Gasteiger partial charge in [0.1, 0.15) is 0 Å². The van der Waals surface area contributed by atoms with Crippen molar-refractivity contribution in [2.24, 2.45) is 5.92 Å². The van der Waals surface area contributed by atoms with E-state index in [1.165, 1.54) is 44.5 Å². The van der Waals surface area contributed by atoms with Crippen LogP contribution in [0.25, 0.3) is 0 Å². The first-order chi connectivity index (χ1) is 7.90. The van der Waals surface area contributed by atoms with Crippen LogP contribution >= 0.6 is 11.3 Å². The zero-order valence-corrected chi connectivity index (χ0v) is 10.5. The number of nitrogens with one attached hydrogen (secondary N) is 1. The molecule has 1 atom stereocenters. The van der Waals surface area contributed by atoms with E-state index in [4.69, 9.17) is 0 Å². The second-order valence-electron chi connectivity index (χ2n) is 5.20. The van der Waals surface area contributed by atoms with Gasteiger partial charge >= 0.3 is 0 Å². The van der Waals surface area contributed by atoms with Gasteiger partial charge in [-0.2, -0.15) is 11.3 Å². The summed E-state index contributed by atoms with van der Waals surface area (Å²) in [7, 11) is 0. The molecule has 1 aromatic rings. The van der Waals surface area contributed by atoms with Crippen molar-refractivity contribution < 1.29 is 0 Å². The highest BCUT2D eigenvalue weighted by Gasteiger charge is 2.26. The van der Waals surface area contributed by atoms with Crippen LogP contribution in [-0.4, -0.2) is 30.6 Å². The lowest BCUT2D eigenvalue weighted by molar-refractivity contribution is 0.314. The molecule has 88 valence electrons. The molecule has 2 nitrogen and oxygen atoms in total. The number of rotatable bonds is 5. The van der Waals surface area contributed by atoms with E-state index in [2.05, 4.69) is 27.0 Å². The van der Waals surface area contributed by atoms with Crippen LogP contribution < -0.4 is 5.32 Å². The van der Waals surface area contributed by atoms with Crippen LogP contribution in [0.1, 0.15) is 24.8 Å². The van der Waals surface area contributed by atoms with Crippen LogP contribution in [-0.2, 0) is 6.54 Å². The highest BCUT2D eigenvalue weighted by atomic mass is 32.1. The summed E-state index contributed by atoms with van der Waals surface area (Å²) in [5, 5.41) is 8.11. The molecule has 1 aliphatic heterocycles. The smallest absolute Gasteiger partial charge is 0.0242 e. The summed E-state index contributed by atoms with van der Waals surface area (Å²) >= 11 is 1.81. The molecular weight excluding hydrogens is 216 g/mol. The molecule has 0 aromatic carbocycles. The Morgan fingerprint density at radius 2 is 2.31 bits per heavy atom. The van der Waals surface area contributed by atoms with E-state index in [-0.39, 0.29) is 0 Å². The Morgan fingerprint density at radius 1 is 1.38 bits per heavy atom. The molecular formula is C13H20N2S. The van der Waals surface area contributed by atoms with Crippen LogP contribution in [0.15, 0.2) is 16.8 Å². The van der Waals surface area contributed by atoms with E-state index >= 15 is 0 Å². The number of nitrogens with zero attached hydrogens (tertiary/aromatic N) is 1. The lowest BCUT2D eigenvalue weighted by atomic mass is 10.1. The summed E-state index contributed by atoms with van der Waals surface area (Å²) in [6.07, 6.45) is 4.19. The van der Waals surface area contributed by atoms with Crippen molar-refractivity contribution in [3.63, 3.8) is 0 Å². The third-order valence-electron chi connectivity index (χ3n) is 3.63. The van der Waals surface area contributed by atoms with E-state index in [0.717, 1.165) is 18.5 Å². The van der Waals surface area contributed by atoms with Gasteiger partial charge in [-0.25, -0.2) is 0 Å². The molecule has 2 aliphatic rings. The van der Waals surface area contributed by atoms with Crippen molar-refractivity contribution >= 4 is 11.3 Å². The Bertz CT molecular complexity index is 319. The largest absolute Gasteiger partial charge is 0.314 e. The zero-order valence-electron chi connectivity index (χ0n) is 9.69. The first-order valence-corrected chi connectivity index (χ1v) is 7.31. The van der Waals surface area contributed by atoms with Crippen LogP contribution in [0.3, 0.4) is 0 Å². The Hall–Kier alpha value is -0.380. The molecule has 1 saturated carbocycles. The van der Waals surface area contributed by atoms with Crippen molar-refractivity contribution in [2.75, 3.05) is 19.6 Å². The molecule has 1 aromatic heterocycles. The molecule has 1 unspecified atom stereocenters. The van der Waals surface area contributed by atoms with E-state index in [1.54, 1.807) is 0 Å². The fourth-order valence-electron chi connectivity index (χ4n) is 2.48. The number of thiophene rings is 1. The van der Waals surface area contributed by atoms with Crippen molar-refractivity contribution in [1.29, 1.82) is 0 Å². The lowest BCUT2D eigenvalue weighted by Crippen LogP contribution is -2.27. The summed E-state index contributed by atoms with van der Waals surface area (Å²) in [6.45, 7) is 4.97. The van der Waals surface area contributed by atoms with Gasteiger partial charge in [0.25, 0.3) is 0 Å². The first-order valence-electron chi connectivity index (χ1n) is 6.37. The van der Waals surface area contributed by atoms with Gasteiger partial charge in [0, 0.05) is 19.1 Å². The maximum atomic E-state index is 3.65. The van der Waals surface area contributed by atoms with Crippen molar-refractivity contribution in [1.82, 2.24) is 10.2 Å². The molecule has 0 bridgehead atoms. The number of likely N-dealkylation sites (tertiary alicyclic amines) is 1. The van der Waals surface area contributed by atoms with Crippen LogP contribution in [0.2, 0.25) is 0 Å². The Labute approximate surface area is 102 Å². The third kappa shape index (κ3) is 2.84. The molecule has 3 heteroatoms. The summed E-state index contributed by atoms with van der Waals surface area (Å²) < 4.78 is 0. The predicted octanol–water partition coefficient (Wildman–Crippen LogP) is 2.32. The molecule has 0 amide bonds. The fourth-order valence-corrected chi connectivity index (χ4v) is 3.14.